The van der Waals surface area contributed by atoms with Crippen LogP contribution >= 0.6 is 11.6 Å². The molecule has 0 radical (unpaired) electrons. The van der Waals surface area contributed by atoms with Gasteiger partial charge in [-0.05, 0) is 17.7 Å². The van der Waals surface area contributed by atoms with E-state index in [0.717, 1.165) is 16.5 Å². The number of phenolic OH excluding ortho intramolecular Hbond substituents is 1. The lowest BCUT2D eigenvalue weighted by atomic mass is 10.0. The van der Waals surface area contributed by atoms with Crippen molar-refractivity contribution < 1.29 is 9.90 Å². The van der Waals surface area contributed by atoms with Crippen LogP contribution in [0.4, 0.5) is 0 Å². The fourth-order valence-electron chi connectivity index (χ4n) is 2.74. The molecule has 0 bridgehead atoms. The van der Waals surface area contributed by atoms with Gasteiger partial charge in [-0.2, -0.15) is 0 Å². The SMILES string of the molecule is O=C1c2ccccc2-c2c1c(Cl)nc1cc(O)ccc21. The predicted octanol–water partition coefficient (Wildman–Crippen LogP) is 3.81. The summed E-state index contributed by atoms with van der Waals surface area (Å²) >= 11 is 6.17. The number of carbonyl (C=O) groups is 1. The van der Waals surface area contributed by atoms with Crippen LogP contribution in [-0.2, 0) is 0 Å². The Balaban J connectivity index is 2.23. The third-order valence-corrected chi connectivity index (χ3v) is 3.87. The summed E-state index contributed by atoms with van der Waals surface area (Å²) in [6.45, 7) is 0. The fourth-order valence-corrected chi connectivity index (χ4v) is 3.02. The van der Waals surface area contributed by atoms with E-state index in [1.54, 1.807) is 24.3 Å². The molecule has 3 nitrogen and oxygen atoms in total. The van der Waals surface area contributed by atoms with Gasteiger partial charge in [0, 0.05) is 22.6 Å². The molecule has 1 aliphatic carbocycles. The van der Waals surface area contributed by atoms with Crippen LogP contribution in [0.5, 0.6) is 5.75 Å². The van der Waals surface area contributed by atoms with E-state index in [1.807, 2.05) is 18.2 Å². The number of benzene rings is 2. The van der Waals surface area contributed by atoms with Gasteiger partial charge in [0.15, 0.2) is 5.78 Å². The van der Waals surface area contributed by atoms with E-state index >= 15 is 0 Å². The van der Waals surface area contributed by atoms with E-state index in [2.05, 4.69) is 4.98 Å². The molecule has 0 unspecified atom stereocenters. The molecule has 4 rings (SSSR count). The van der Waals surface area contributed by atoms with Gasteiger partial charge in [0.2, 0.25) is 0 Å². The van der Waals surface area contributed by atoms with Gasteiger partial charge in [0.1, 0.15) is 10.9 Å². The van der Waals surface area contributed by atoms with Gasteiger partial charge in [-0.15, -0.1) is 0 Å². The van der Waals surface area contributed by atoms with Gasteiger partial charge >= 0.3 is 0 Å². The summed E-state index contributed by atoms with van der Waals surface area (Å²) in [5.41, 5.74) is 3.35. The van der Waals surface area contributed by atoms with Crippen LogP contribution in [0.25, 0.3) is 22.0 Å². The van der Waals surface area contributed by atoms with Crippen LogP contribution in [0.15, 0.2) is 42.5 Å². The van der Waals surface area contributed by atoms with Gasteiger partial charge in [0.25, 0.3) is 0 Å². The number of aromatic nitrogens is 1. The number of aromatic hydroxyl groups is 1. The molecule has 1 N–H and O–H groups in total. The van der Waals surface area contributed by atoms with Crippen molar-refractivity contribution >= 4 is 28.3 Å². The number of nitrogens with zero attached hydrogens (tertiary/aromatic N) is 1. The highest BCUT2D eigenvalue weighted by atomic mass is 35.5. The molecule has 0 atom stereocenters. The highest BCUT2D eigenvalue weighted by Gasteiger charge is 2.31. The van der Waals surface area contributed by atoms with E-state index in [-0.39, 0.29) is 16.7 Å². The second-order valence-corrected chi connectivity index (χ2v) is 5.09. The lowest BCUT2D eigenvalue weighted by Gasteiger charge is -2.07. The smallest absolute Gasteiger partial charge is 0.197 e. The number of rotatable bonds is 0. The van der Waals surface area contributed by atoms with Crippen molar-refractivity contribution in [2.24, 2.45) is 0 Å². The summed E-state index contributed by atoms with van der Waals surface area (Å²) in [4.78, 5) is 16.7. The van der Waals surface area contributed by atoms with E-state index in [9.17, 15) is 9.90 Å². The van der Waals surface area contributed by atoms with Gasteiger partial charge in [-0.25, -0.2) is 4.98 Å². The van der Waals surface area contributed by atoms with Crippen molar-refractivity contribution in [3.05, 3.63) is 58.7 Å². The molecule has 0 amide bonds. The summed E-state index contributed by atoms with van der Waals surface area (Å²) in [6, 6.07) is 12.3. The Labute approximate surface area is 119 Å². The van der Waals surface area contributed by atoms with Crippen molar-refractivity contribution in [2.75, 3.05) is 0 Å². The molecule has 1 heterocycles. The lowest BCUT2D eigenvalue weighted by molar-refractivity contribution is 0.104. The molecule has 0 saturated heterocycles. The quantitative estimate of drug-likeness (QED) is 0.499. The van der Waals surface area contributed by atoms with Crippen LogP contribution in [0.3, 0.4) is 0 Å². The first-order valence-corrected chi connectivity index (χ1v) is 6.51. The number of hydrogen-bond acceptors (Lipinski definition) is 3. The molecular weight excluding hydrogens is 274 g/mol. The van der Waals surface area contributed by atoms with Crippen molar-refractivity contribution in [1.82, 2.24) is 4.98 Å². The molecule has 2 aromatic carbocycles. The van der Waals surface area contributed by atoms with Gasteiger partial charge in [-0.3, -0.25) is 4.79 Å². The van der Waals surface area contributed by atoms with Crippen molar-refractivity contribution in [3.63, 3.8) is 0 Å². The zero-order valence-electron chi connectivity index (χ0n) is 10.2. The molecule has 0 aliphatic heterocycles. The predicted molar refractivity (Wildman–Crippen MR) is 77.3 cm³/mol. The first kappa shape index (κ1) is 11.4. The first-order valence-electron chi connectivity index (χ1n) is 6.13. The summed E-state index contributed by atoms with van der Waals surface area (Å²) < 4.78 is 0. The van der Waals surface area contributed by atoms with Crippen LogP contribution in [0.1, 0.15) is 15.9 Å². The molecule has 20 heavy (non-hydrogen) atoms. The van der Waals surface area contributed by atoms with Crippen LogP contribution in [0, 0.1) is 0 Å². The molecule has 96 valence electrons. The molecule has 4 heteroatoms. The number of ketones is 1. The number of carbonyl (C=O) groups excluding carboxylic acids is 1. The molecule has 0 fully saturated rings. The number of pyridine rings is 1. The van der Waals surface area contributed by atoms with E-state index < -0.39 is 0 Å². The number of phenols is 1. The van der Waals surface area contributed by atoms with E-state index in [1.165, 1.54) is 0 Å². The number of fused-ring (bicyclic) bond motifs is 5. The Morgan fingerprint density at radius 1 is 1.00 bits per heavy atom. The molecule has 1 aliphatic rings. The Morgan fingerprint density at radius 3 is 2.55 bits per heavy atom. The molecule has 3 aromatic rings. The number of hydrogen-bond donors (Lipinski definition) is 1. The second kappa shape index (κ2) is 3.81. The third-order valence-electron chi connectivity index (χ3n) is 3.59. The average molecular weight is 282 g/mol. The molecule has 1 aromatic heterocycles. The molecule has 0 saturated carbocycles. The van der Waals surface area contributed by atoms with E-state index in [0.29, 0.717) is 16.6 Å². The lowest BCUT2D eigenvalue weighted by Crippen LogP contribution is -1.98. The average Bonchev–Trinajstić information content (AvgIpc) is 2.74. The van der Waals surface area contributed by atoms with Crippen LogP contribution < -0.4 is 0 Å². The summed E-state index contributed by atoms with van der Waals surface area (Å²) in [5, 5.41) is 10.6. The van der Waals surface area contributed by atoms with Gasteiger partial charge in [-0.1, -0.05) is 35.9 Å². The maximum atomic E-state index is 12.4. The normalized spacial score (nSPS) is 12.6. The van der Waals surface area contributed by atoms with E-state index in [4.69, 9.17) is 11.6 Å². The first-order chi connectivity index (χ1) is 9.66. The van der Waals surface area contributed by atoms with Crippen LogP contribution in [-0.4, -0.2) is 15.9 Å². The van der Waals surface area contributed by atoms with Gasteiger partial charge < -0.3 is 5.11 Å². The fraction of sp³-hybridized carbons (Fsp3) is 0. The summed E-state index contributed by atoms with van der Waals surface area (Å²) in [6.07, 6.45) is 0. The zero-order chi connectivity index (χ0) is 13.9. The van der Waals surface area contributed by atoms with Gasteiger partial charge in [0.05, 0.1) is 11.1 Å². The molecule has 0 spiro atoms. The van der Waals surface area contributed by atoms with Crippen molar-refractivity contribution in [3.8, 4) is 16.9 Å². The zero-order valence-corrected chi connectivity index (χ0v) is 11.0. The largest absolute Gasteiger partial charge is 0.508 e. The van der Waals surface area contributed by atoms with Crippen molar-refractivity contribution in [2.45, 2.75) is 0 Å². The number of halogens is 1. The third kappa shape index (κ3) is 1.35. The summed E-state index contributed by atoms with van der Waals surface area (Å²) in [7, 11) is 0. The topological polar surface area (TPSA) is 50.2 Å². The highest BCUT2D eigenvalue weighted by Crippen LogP contribution is 2.43. The van der Waals surface area contributed by atoms with Crippen LogP contribution in [0.2, 0.25) is 5.15 Å². The Bertz CT molecular complexity index is 902. The highest BCUT2D eigenvalue weighted by molar-refractivity contribution is 6.38. The molecular formula is C16H8ClNO2. The monoisotopic (exact) mass is 281 g/mol. The maximum absolute atomic E-state index is 12.4. The second-order valence-electron chi connectivity index (χ2n) is 4.73. The van der Waals surface area contributed by atoms with Crippen molar-refractivity contribution in [1.29, 1.82) is 0 Å². The minimum absolute atomic E-state index is 0.0944. The maximum Gasteiger partial charge on any atom is 0.197 e. The Hall–Kier alpha value is -2.39. The Morgan fingerprint density at radius 2 is 1.75 bits per heavy atom. The summed E-state index contributed by atoms with van der Waals surface area (Å²) in [5.74, 6) is 0.0294. The minimum atomic E-state index is -0.0944. The standard InChI is InChI=1S/C16H8ClNO2/c17-16-14-13(9-3-1-2-4-10(9)15(14)20)11-6-5-8(19)7-12(11)18-16/h1-7,19H. The minimum Gasteiger partial charge on any atom is -0.508 e. The Kier molecular flexibility index (Phi) is 2.18.